The highest BCUT2D eigenvalue weighted by Crippen LogP contribution is 2.28. The minimum absolute atomic E-state index is 0.422. The molecule has 0 aliphatic heterocycles. The zero-order chi connectivity index (χ0) is 17.2. The molecule has 0 saturated heterocycles. The van der Waals surface area contributed by atoms with E-state index in [1.165, 1.54) is 89.9 Å². The van der Waals surface area contributed by atoms with Crippen LogP contribution < -0.4 is 0 Å². The Bertz CT molecular complexity index is 394. The van der Waals surface area contributed by atoms with Crippen LogP contribution >= 0.6 is 0 Å². The van der Waals surface area contributed by atoms with Gasteiger partial charge in [0.05, 0.1) is 12.2 Å². The largest absolute Gasteiger partial charge is 0.352 e. The van der Waals surface area contributed by atoms with E-state index in [4.69, 9.17) is 9.47 Å². The molecule has 3 aliphatic carbocycles. The van der Waals surface area contributed by atoms with Crippen LogP contribution in [0.1, 0.15) is 89.9 Å². The van der Waals surface area contributed by atoms with E-state index in [1.54, 1.807) is 0 Å². The van der Waals surface area contributed by atoms with Gasteiger partial charge in [-0.25, -0.2) is 0 Å². The molecule has 142 valence electrons. The van der Waals surface area contributed by atoms with Crippen LogP contribution in [0.5, 0.6) is 0 Å². The van der Waals surface area contributed by atoms with Crippen LogP contribution in [0.2, 0.25) is 0 Å². The normalized spacial score (nSPS) is 30.4. The number of ether oxygens (including phenoxy) is 2. The molecular weight excluding hydrogens is 308 g/mol. The molecule has 0 heterocycles. The second kappa shape index (κ2) is 11.2. The van der Waals surface area contributed by atoms with E-state index in [2.05, 4.69) is 24.3 Å². The van der Waals surface area contributed by atoms with Crippen molar-refractivity contribution in [1.82, 2.24) is 0 Å². The fourth-order valence-electron chi connectivity index (χ4n) is 4.68. The van der Waals surface area contributed by atoms with Crippen molar-refractivity contribution < 1.29 is 9.47 Å². The first-order chi connectivity index (χ1) is 12.4. The van der Waals surface area contributed by atoms with Gasteiger partial charge in [-0.1, -0.05) is 62.8 Å². The van der Waals surface area contributed by atoms with Gasteiger partial charge in [0.2, 0.25) is 0 Å². The van der Waals surface area contributed by atoms with Crippen molar-refractivity contribution in [2.24, 2.45) is 11.8 Å². The standard InChI is InChI=1S/C23H38O2/c1-3-9-20(10-4-1)11-7-8-12-21-15-17-23(18-16-21)25-19-24-22-13-5-2-6-14-22/h7-8,11-12,20-23H,1-6,9-10,13-19H2. The van der Waals surface area contributed by atoms with Crippen LogP contribution in [0.3, 0.4) is 0 Å². The van der Waals surface area contributed by atoms with Gasteiger partial charge in [-0.05, 0) is 63.2 Å². The van der Waals surface area contributed by atoms with E-state index in [0.717, 1.165) is 11.8 Å². The lowest BCUT2D eigenvalue weighted by Gasteiger charge is -2.28. The van der Waals surface area contributed by atoms with E-state index in [-0.39, 0.29) is 0 Å². The Labute approximate surface area is 155 Å². The highest BCUT2D eigenvalue weighted by Gasteiger charge is 2.21. The first-order valence-corrected chi connectivity index (χ1v) is 11.0. The predicted molar refractivity (Wildman–Crippen MR) is 105 cm³/mol. The van der Waals surface area contributed by atoms with Gasteiger partial charge in [0, 0.05) is 0 Å². The molecule has 0 unspecified atom stereocenters. The summed E-state index contributed by atoms with van der Waals surface area (Å²) in [6.07, 6.45) is 28.9. The molecule has 0 atom stereocenters. The zero-order valence-corrected chi connectivity index (χ0v) is 16.0. The predicted octanol–water partition coefficient (Wildman–Crippen LogP) is 6.56. The maximum absolute atomic E-state index is 5.98. The maximum Gasteiger partial charge on any atom is 0.147 e. The summed E-state index contributed by atoms with van der Waals surface area (Å²) in [5.74, 6) is 1.59. The van der Waals surface area contributed by atoms with E-state index in [1.807, 2.05) is 0 Å². The summed E-state index contributed by atoms with van der Waals surface area (Å²) in [6, 6.07) is 0. The molecule has 0 aromatic rings. The Morgan fingerprint density at radius 2 is 1.00 bits per heavy atom. The summed E-state index contributed by atoms with van der Waals surface area (Å²) in [4.78, 5) is 0. The molecule has 0 aromatic heterocycles. The maximum atomic E-state index is 5.98. The van der Waals surface area contributed by atoms with E-state index < -0.39 is 0 Å². The Hall–Kier alpha value is -0.600. The number of hydrogen-bond acceptors (Lipinski definition) is 2. The fraction of sp³-hybridized carbons (Fsp3) is 0.826. The Morgan fingerprint density at radius 3 is 1.60 bits per heavy atom. The Kier molecular flexibility index (Phi) is 8.58. The van der Waals surface area contributed by atoms with Crippen LogP contribution in [-0.4, -0.2) is 19.0 Å². The van der Waals surface area contributed by atoms with Crippen molar-refractivity contribution in [2.45, 2.75) is 102 Å². The fourth-order valence-corrected chi connectivity index (χ4v) is 4.68. The minimum atomic E-state index is 0.422. The third-order valence-corrected chi connectivity index (χ3v) is 6.41. The van der Waals surface area contributed by atoms with Gasteiger partial charge in [-0.3, -0.25) is 0 Å². The van der Waals surface area contributed by atoms with E-state index >= 15 is 0 Å². The van der Waals surface area contributed by atoms with Crippen molar-refractivity contribution in [3.05, 3.63) is 24.3 Å². The van der Waals surface area contributed by atoms with Gasteiger partial charge in [-0.2, -0.15) is 0 Å². The van der Waals surface area contributed by atoms with Gasteiger partial charge in [0.1, 0.15) is 6.79 Å². The number of allylic oxidation sites excluding steroid dienone is 4. The molecule has 2 nitrogen and oxygen atoms in total. The lowest BCUT2D eigenvalue weighted by atomic mass is 9.87. The summed E-state index contributed by atoms with van der Waals surface area (Å²) < 4.78 is 11.9. The SMILES string of the molecule is C(C=CC1CCC(OCOC2CCCCC2)CC1)=CC1CCCCC1. The van der Waals surface area contributed by atoms with Crippen LogP contribution in [0.15, 0.2) is 24.3 Å². The van der Waals surface area contributed by atoms with Gasteiger partial charge in [0.15, 0.2) is 0 Å². The lowest BCUT2D eigenvalue weighted by Crippen LogP contribution is -2.24. The third kappa shape index (κ3) is 7.27. The smallest absolute Gasteiger partial charge is 0.147 e. The minimum Gasteiger partial charge on any atom is -0.352 e. The zero-order valence-electron chi connectivity index (χ0n) is 16.0. The average Bonchev–Trinajstić information content (AvgIpc) is 2.68. The molecule has 25 heavy (non-hydrogen) atoms. The van der Waals surface area contributed by atoms with E-state index in [0.29, 0.717) is 19.0 Å². The topological polar surface area (TPSA) is 18.5 Å². The number of rotatable bonds is 7. The number of hydrogen-bond donors (Lipinski definition) is 0. The molecular formula is C23H38O2. The van der Waals surface area contributed by atoms with Crippen LogP contribution in [0.25, 0.3) is 0 Å². The van der Waals surface area contributed by atoms with Crippen molar-refractivity contribution in [3.8, 4) is 0 Å². The first-order valence-electron chi connectivity index (χ1n) is 11.0. The van der Waals surface area contributed by atoms with Crippen molar-refractivity contribution in [3.63, 3.8) is 0 Å². The molecule has 3 rings (SSSR count). The lowest BCUT2D eigenvalue weighted by molar-refractivity contribution is -0.132. The molecule has 0 aromatic carbocycles. The summed E-state index contributed by atoms with van der Waals surface area (Å²) >= 11 is 0. The van der Waals surface area contributed by atoms with Crippen LogP contribution in [0.4, 0.5) is 0 Å². The van der Waals surface area contributed by atoms with Crippen LogP contribution in [0, 0.1) is 11.8 Å². The van der Waals surface area contributed by atoms with Crippen molar-refractivity contribution in [2.75, 3.05) is 6.79 Å². The van der Waals surface area contributed by atoms with Gasteiger partial charge in [0.25, 0.3) is 0 Å². The molecule has 0 N–H and O–H groups in total. The quantitative estimate of drug-likeness (QED) is 0.384. The van der Waals surface area contributed by atoms with Crippen molar-refractivity contribution >= 4 is 0 Å². The second-order valence-corrected chi connectivity index (χ2v) is 8.42. The highest BCUT2D eigenvalue weighted by molar-refractivity contribution is 5.06. The summed E-state index contributed by atoms with van der Waals surface area (Å²) in [5, 5.41) is 0. The first kappa shape index (κ1) is 19.2. The summed E-state index contributed by atoms with van der Waals surface area (Å²) in [6.45, 7) is 0.514. The molecule has 3 saturated carbocycles. The Morgan fingerprint density at radius 1 is 0.520 bits per heavy atom. The highest BCUT2D eigenvalue weighted by atomic mass is 16.7. The van der Waals surface area contributed by atoms with Crippen LogP contribution in [-0.2, 0) is 9.47 Å². The second-order valence-electron chi connectivity index (χ2n) is 8.42. The molecule has 0 spiro atoms. The van der Waals surface area contributed by atoms with E-state index in [9.17, 15) is 0 Å². The monoisotopic (exact) mass is 346 g/mol. The van der Waals surface area contributed by atoms with Gasteiger partial charge < -0.3 is 9.47 Å². The average molecular weight is 347 g/mol. The summed E-state index contributed by atoms with van der Waals surface area (Å²) in [7, 11) is 0. The van der Waals surface area contributed by atoms with Crippen molar-refractivity contribution in [1.29, 1.82) is 0 Å². The third-order valence-electron chi connectivity index (χ3n) is 6.41. The summed E-state index contributed by atoms with van der Waals surface area (Å²) in [5.41, 5.74) is 0. The molecule has 0 bridgehead atoms. The molecule has 2 heteroatoms. The molecule has 3 fully saturated rings. The van der Waals surface area contributed by atoms with Gasteiger partial charge in [-0.15, -0.1) is 0 Å². The molecule has 0 amide bonds. The molecule has 0 radical (unpaired) electrons. The molecule has 3 aliphatic rings. The van der Waals surface area contributed by atoms with Gasteiger partial charge >= 0.3 is 0 Å². The Balaban J connectivity index is 1.25.